The summed E-state index contributed by atoms with van der Waals surface area (Å²) in [4.78, 5) is 22.9. The van der Waals surface area contributed by atoms with Crippen LogP contribution in [0.3, 0.4) is 0 Å². The van der Waals surface area contributed by atoms with Crippen molar-refractivity contribution >= 4 is 11.9 Å². The van der Waals surface area contributed by atoms with Gasteiger partial charge in [-0.05, 0) is 25.2 Å². The van der Waals surface area contributed by atoms with Gasteiger partial charge in [0.25, 0.3) is 0 Å². The van der Waals surface area contributed by atoms with Crippen LogP contribution in [0.15, 0.2) is 0 Å². The summed E-state index contributed by atoms with van der Waals surface area (Å²) in [6.07, 6.45) is 7.05. The maximum Gasteiger partial charge on any atom is 0.329 e. The maximum atomic E-state index is 11.9. The molecule has 4 nitrogen and oxygen atoms in total. The van der Waals surface area contributed by atoms with Crippen LogP contribution in [0, 0.1) is 11.8 Å². The highest BCUT2D eigenvalue weighted by molar-refractivity contribution is 5.90. The van der Waals surface area contributed by atoms with E-state index in [0.717, 1.165) is 6.42 Å². The van der Waals surface area contributed by atoms with Crippen LogP contribution in [0.5, 0.6) is 0 Å². The van der Waals surface area contributed by atoms with Crippen LogP contribution < -0.4 is 5.32 Å². The van der Waals surface area contributed by atoms with Gasteiger partial charge in [0.2, 0.25) is 5.91 Å². The molecule has 0 saturated heterocycles. The van der Waals surface area contributed by atoms with Gasteiger partial charge in [0.05, 0.1) is 0 Å². The highest BCUT2D eigenvalue weighted by Gasteiger charge is 2.52. The molecule has 2 aliphatic rings. The number of aliphatic carboxylic acids is 1. The SMILES string of the molecule is CC(CC1CCCC1)C(=O)NC1(C(=O)O)CC1. The molecule has 96 valence electrons. The topological polar surface area (TPSA) is 66.4 Å². The van der Waals surface area contributed by atoms with Gasteiger partial charge in [-0.25, -0.2) is 4.79 Å². The smallest absolute Gasteiger partial charge is 0.329 e. The van der Waals surface area contributed by atoms with E-state index in [1.807, 2.05) is 6.92 Å². The molecule has 0 aromatic carbocycles. The highest BCUT2D eigenvalue weighted by Crippen LogP contribution is 2.36. The lowest BCUT2D eigenvalue weighted by Gasteiger charge is -2.19. The van der Waals surface area contributed by atoms with Crippen molar-refractivity contribution in [2.45, 2.75) is 57.4 Å². The summed E-state index contributed by atoms with van der Waals surface area (Å²) in [5.41, 5.74) is -0.930. The van der Waals surface area contributed by atoms with E-state index in [4.69, 9.17) is 5.11 Å². The zero-order valence-electron chi connectivity index (χ0n) is 10.4. The Kier molecular flexibility index (Phi) is 3.40. The van der Waals surface area contributed by atoms with E-state index in [9.17, 15) is 9.59 Å². The zero-order chi connectivity index (χ0) is 12.5. The molecule has 0 bridgehead atoms. The molecule has 0 heterocycles. The van der Waals surface area contributed by atoms with Gasteiger partial charge in [-0.2, -0.15) is 0 Å². The molecule has 1 unspecified atom stereocenters. The Morgan fingerprint density at radius 2 is 1.94 bits per heavy atom. The van der Waals surface area contributed by atoms with Crippen molar-refractivity contribution < 1.29 is 14.7 Å². The van der Waals surface area contributed by atoms with Gasteiger partial charge in [0, 0.05) is 5.92 Å². The van der Waals surface area contributed by atoms with Gasteiger partial charge in [-0.3, -0.25) is 4.79 Å². The van der Waals surface area contributed by atoms with Crippen molar-refractivity contribution in [3.8, 4) is 0 Å². The first-order valence-electron chi connectivity index (χ1n) is 6.59. The monoisotopic (exact) mass is 239 g/mol. The fraction of sp³-hybridized carbons (Fsp3) is 0.846. The number of hydrogen-bond donors (Lipinski definition) is 2. The molecule has 2 N–H and O–H groups in total. The van der Waals surface area contributed by atoms with E-state index in [2.05, 4.69) is 5.32 Å². The molecular formula is C13H21NO3. The van der Waals surface area contributed by atoms with Crippen molar-refractivity contribution in [2.24, 2.45) is 11.8 Å². The van der Waals surface area contributed by atoms with Crippen molar-refractivity contribution in [1.29, 1.82) is 0 Å². The molecule has 0 aromatic heterocycles. The first kappa shape index (κ1) is 12.4. The van der Waals surface area contributed by atoms with Crippen molar-refractivity contribution in [3.63, 3.8) is 0 Å². The average molecular weight is 239 g/mol. The van der Waals surface area contributed by atoms with Crippen LogP contribution >= 0.6 is 0 Å². The van der Waals surface area contributed by atoms with Gasteiger partial charge >= 0.3 is 5.97 Å². The minimum Gasteiger partial charge on any atom is -0.480 e. The normalized spacial score (nSPS) is 24.3. The number of carbonyl (C=O) groups excluding carboxylic acids is 1. The molecule has 2 aliphatic carbocycles. The summed E-state index contributed by atoms with van der Waals surface area (Å²) in [6, 6.07) is 0. The van der Waals surface area contributed by atoms with E-state index in [1.165, 1.54) is 25.7 Å². The van der Waals surface area contributed by atoms with Gasteiger partial charge in [-0.1, -0.05) is 32.6 Å². The lowest BCUT2D eigenvalue weighted by atomic mass is 9.93. The van der Waals surface area contributed by atoms with Crippen LogP contribution in [0.25, 0.3) is 0 Å². The minimum absolute atomic E-state index is 0.0603. The molecule has 0 aliphatic heterocycles. The average Bonchev–Trinajstić information content (AvgIpc) is 2.87. The molecule has 2 rings (SSSR count). The quantitative estimate of drug-likeness (QED) is 0.770. The third kappa shape index (κ3) is 2.79. The number of rotatable bonds is 5. The summed E-state index contributed by atoms with van der Waals surface area (Å²) in [5, 5.41) is 11.7. The van der Waals surface area contributed by atoms with Crippen LogP contribution in [-0.2, 0) is 9.59 Å². The van der Waals surface area contributed by atoms with E-state index in [-0.39, 0.29) is 11.8 Å². The summed E-state index contributed by atoms with van der Waals surface area (Å²) in [5.74, 6) is -0.374. The molecule has 0 spiro atoms. The Balaban J connectivity index is 1.81. The second-order valence-corrected chi connectivity index (χ2v) is 5.66. The lowest BCUT2D eigenvalue weighted by Crippen LogP contribution is -2.45. The van der Waals surface area contributed by atoms with Crippen molar-refractivity contribution in [2.75, 3.05) is 0 Å². The molecule has 0 radical (unpaired) electrons. The predicted molar refractivity (Wildman–Crippen MR) is 63.5 cm³/mol. The molecule has 4 heteroatoms. The Hall–Kier alpha value is -1.06. The Bertz CT molecular complexity index is 317. The third-order valence-electron chi connectivity index (χ3n) is 4.13. The van der Waals surface area contributed by atoms with Crippen LogP contribution in [0.2, 0.25) is 0 Å². The van der Waals surface area contributed by atoms with Gasteiger partial charge in [0.15, 0.2) is 0 Å². The van der Waals surface area contributed by atoms with Crippen molar-refractivity contribution in [3.05, 3.63) is 0 Å². The summed E-state index contributed by atoms with van der Waals surface area (Å²) < 4.78 is 0. The molecule has 1 atom stereocenters. The molecule has 2 fully saturated rings. The van der Waals surface area contributed by atoms with Gasteiger partial charge in [0.1, 0.15) is 5.54 Å². The van der Waals surface area contributed by atoms with E-state index < -0.39 is 11.5 Å². The fourth-order valence-corrected chi connectivity index (χ4v) is 2.73. The predicted octanol–water partition coefficient (Wildman–Crippen LogP) is 1.94. The van der Waals surface area contributed by atoms with Crippen LogP contribution in [0.4, 0.5) is 0 Å². The number of amides is 1. The van der Waals surface area contributed by atoms with Crippen molar-refractivity contribution in [1.82, 2.24) is 5.32 Å². The fourth-order valence-electron chi connectivity index (χ4n) is 2.73. The first-order valence-corrected chi connectivity index (χ1v) is 6.59. The summed E-state index contributed by atoms with van der Waals surface area (Å²) in [6.45, 7) is 1.91. The zero-order valence-corrected chi connectivity index (χ0v) is 10.4. The largest absolute Gasteiger partial charge is 0.480 e. The van der Waals surface area contributed by atoms with Gasteiger partial charge < -0.3 is 10.4 Å². The standard InChI is InChI=1S/C13H21NO3/c1-9(8-10-4-2-3-5-10)11(15)14-13(6-7-13)12(16)17/h9-10H,2-8H2,1H3,(H,14,15)(H,16,17). The molecule has 17 heavy (non-hydrogen) atoms. The Morgan fingerprint density at radius 1 is 1.35 bits per heavy atom. The number of carboxylic acid groups (broad SMARTS) is 1. The Morgan fingerprint density at radius 3 is 2.41 bits per heavy atom. The molecule has 2 saturated carbocycles. The van der Waals surface area contributed by atoms with E-state index in [1.54, 1.807) is 0 Å². The summed E-state index contributed by atoms with van der Waals surface area (Å²) in [7, 11) is 0. The maximum absolute atomic E-state index is 11.9. The van der Waals surface area contributed by atoms with E-state index in [0.29, 0.717) is 18.8 Å². The third-order valence-corrected chi connectivity index (χ3v) is 4.13. The molecular weight excluding hydrogens is 218 g/mol. The second-order valence-electron chi connectivity index (χ2n) is 5.66. The number of carbonyl (C=O) groups is 2. The highest BCUT2D eigenvalue weighted by atomic mass is 16.4. The molecule has 0 aromatic rings. The number of hydrogen-bond acceptors (Lipinski definition) is 2. The van der Waals surface area contributed by atoms with Crippen LogP contribution in [-0.4, -0.2) is 22.5 Å². The second kappa shape index (κ2) is 4.67. The summed E-state index contributed by atoms with van der Waals surface area (Å²) >= 11 is 0. The number of nitrogens with one attached hydrogen (secondary N) is 1. The Labute approximate surface area is 102 Å². The van der Waals surface area contributed by atoms with Crippen LogP contribution in [0.1, 0.15) is 51.9 Å². The minimum atomic E-state index is -0.930. The van der Waals surface area contributed by atoms with E-state index >= 15 is 0 Å². The first-order chi connectivity index (χ1) is 8.03. The number of carboxylic acids is 1. The molecule has 1 amide bonds. The van der Waals surface area contributed by atoms with Gasteiger partial charge in [-0.15, -0.1) is 0 Å². The lowest BCUT2D eigenvalue weighted by molar-refractivity contribution is -0.143.